The molecule has 3 aromatic heterocycles. The summed E-state index contributed by atoms with van der Waals surface area (Å²) < 4.78 is 15.6. The molecule has 0 atom stereocenters. The molecule has 1 aromatic carbocycles. The number of nitrogens with zero attached hydrogens (tertiary/aromatic N) is 4. The Balaban J connectivity index is 1.44. The molecular weight excluding hydrogens is 417 g/mol. The number of aromatic nitrogens is 3. The summed E-state index contributed by atoms with van der Waals surface area (Å²) in [5, 5.41) is 3.02. The van der Waals surface area contributed by atoms with E-state index < -0.39 is 0 Å². The Morgan fingerprint density at radius 1 is 1.09 bits per heavy atom. The van der Waals surface area contributed by atoms with Gasteiger partial charge in [-0.15, -0.1) is 0 Å². The summed E-state index contributed by atoms with van der Waals surface area (Å²) in [6.45, 7) is 5.44. The Kier molecular flexibility index (Phi) is 5.88. The van der Waals surface area contributed by atoms with Crippen LogP contribution in [0.5, 0.6) is 0 Å². The highest BCUT2D eigenvalue weighted by Crippen LogP contribution is 2.31. The monoisotopic (exact) mass is 443 g/mol. The van der Waals surface area contributed by atoms with Crippen molar-refractivity contribution in [1.29, 1.82) is 0 Å². The van der Waals surface area contributed by atoms with Gasteiger partial charge >= 0.3 is 0 Å². The third kappa shape index (κ3) is 4.36. The van der Waals surface area contributed by atoms with Gasteiger partial charge in [0.25, 0.3) is 5.91 Å². The molecule has 0 unspecified atom stereocenters. The van der Waals surface area contributed by atoms with Crippen molar-refractivity contribution in [3.05, 3.63) is 78.1 Å². The molecule has 7 heteroatoms. The summed E-state index contributed by atoms with van der Waals surface area (Å²) in [7, 11) is 0. The Bertz CT molecular complexity index is 1310. The van der Waals surface area contributed by atoms with Crippen LogP contribution in [-0.4, -0.2) is 51.4 Å². The second-order valence-electron chi connectivity index (χ2n) is 8.46. The van der Waals surface area contributed by atoms with E-state index >= 15 is 0 Å². The zero-order valence-electron chi connectivity index (χ0n) is 18.6. The number of benzene rings is 1. The van der Waals surface area contributed by atoms with Gasteiger partial charge in [0.1, 0.15) is 17.2 Å². The molecule has 4 aromatic rings. The van der Waals surface area contributed by atoms with Gasteiger partial charge in [0.05, 0.1) is 11.9 Å². The number of imidazole rings is 1. The second kappa shape index (κ2) is 9.11. The first-order chi connectivity index (χ1) is 16.1. The number of rotatable bonds is 6. The topological polar surface area (TPSA) is 62.5 Å². The number of hydrogen-bond donors (Lipinski definition) is 1. The number of carbonyl (C=O) groups excluding carboxylic acids is 1. The van der Waals surface area contributed by atoms with Crippen LogP contribution in [0.3, 0.4) is 0 Å². The largest absolute Gasteiger partial charge is 0.349 e. The van der Waals surface area contributed by atoms with E-state index in [2.05, 4.69) is 20.2 Å². The van der Waals surface area contributed by atoms with Gasteiger partial charge in [-0.1, -0.05) is 6.07 Å². The lowest BCUT2D eigenvalue weighted by molar-refractivity contribution is 0.0944. The highest BCUT2D eigenvalue weighted by atomic mass is 19.1. The lowest BCUT2D eigenvalue weighted by Crippen LogP contribution is -2.33. The van der Waals surface area contributed by atoms with E-state index in [0.717, 1.165) is 42.0 Å². The van der Waals surface area contributed by atoms with Crippen molar-refractivity contribution in [2.24, 2.45) is 0 Å². The quantitative estimate of drug-likeness (QED) is 0.482. The molecule has 0 spiro atoms. The average molecular weight is 444 g/mol. The van der Waals surface area contributed by atoms with Crippen LogP contribution in [-0.2, 0) is 0 Å². The Hall–Kier alpha value is -3.58. The van der Waals surface area contributed by atoms with E-state index in [4.69, 9.17) is 0 Å². The van der Waals surface area contributed by atoms with Crippen LogP contribution in [0.15, 0.2) is 61.1 Å². The lowest BCUT2D eigenvalue weighted by Gasteiger charge is -2.14. The number of hydrogen-bond acceptors (Lipinski definition) is 4. The number of amides is 1. The maximum absolute atomic E-state index is 13.8. The molecule has 1 N–H and O–H groups in total. The predicted molar refractivity (Wildman–Crippen MR) is 127 cm³/mol. The second-order valence-corrected chi connectivity index (χ2v) is 8.46. The molecule has 5 rings (SSSR count). The van der Waals surface area contributed by atoms with E-state index in [1.54, 1.807) is 31.5 Å². The third-order valence-corrected chi connectivity index (χ3v) is 6.20. The van der Waals surface area contributed by atoms with Crippen molar-refractivity contribution in [3.8, 4) is 22.4 Å². The van der Waals surface area contributed by atoms with Crippen LogP contribution in [0.1, 0.15) is 28.9 Å². The molecule has 1 amide bonds. The molecule has 1 aliphatic heterocycles. The van der Waals surface area contributed by atoms with Crippen molar-refractivity contribution in [1.82, 2.24) is 24.6 Å². The van der Waals surface area contributed by atoms with Crippen LogP contribution >= 0.6 is 0 Å². The number of aryl methyl sites for hydroxylation is 1. The summed E-state index contributed by atoms with van der Waals surface area (Å²) in [5.74, 6) is -0.379. The third-order valence-electron chi connectivity index (χ3n) is 6.20. The first-order valence-corrected chi connectivity index (χ1v) is 11.3. The molecule has 6 nitrogen and oxygen atoms in total. The highest BCUT2D eigenvalue weighted by Gasteiger charge is 2.16. The van der Waals surface area contributed by atoms with Gasteiger partial charge in [-0.3, -0.25) is 14.2 Å². The summed E-state index contributed by atoms with van der Waals surface area (Å²) >= 11 is 0. The maximum atomic E-state index is 13.8. The van der Waals surface area contributed by atoms with Gasteiger partial charge < -0.3 is 10.2 Å². The maximum Gasteiger partial charge on any atom is 0.269 e. The Morgan fingerprint density at radius 2 is 1.91 bits per heavy atom. The van der Waals surface area contributed by atoms with Crippen molar-refractivity contribution in [2.75, 3.05) is 26.2 Å². The predicted octanol–water partition coefficient (Wildman–Crippen LogP) is 4.34. The fraction of sp³-hybridized carbons (Fsp3) is 0.269. The molecule has 1 fully saturated rings. The van der Waals surface area contributed by atoms with Crippen LogP contribution in [0.2, 0.25) is 0 Å². The molecule has 0 aliphatic carbocycles. The lowest BCUT2D eigenvalue weighted by atomic mass is 9.99. The Labute approximate surface area is 192 Å². The summed E-state index contributed by atoms with van der Waals surface area (Å²) in [5.41, 5.74) is 5.17. The molecule has 4 heterocycles. The zero-order valence-corrected chi connectivity index (χ0v) is 18.6. The summed E-state index contributed by atoms with van der Waals surface area (Å²) in [6, 6.07) is 12.7. The molecule has 0 radical (unpaired) electrons. The number of pyridine rings is 2. The molecule has 1 aliphatic rings. The van der Waals surface area contributed by atoms with E-state index in [1.165, 1.54) is 18.9 Å². The van der Waals surface area contributed by atoms with E-state index in [1.807, 2.05) is 34.9 Å². The van der Waals surface area contributed by atoms with Crippen molar-refractivity contribution in [2.45, 2.75) is 19.8 Å². The minimum Gasteiger partial charge on any atom is -0.349 e. The number of carbonyl (C=O) groups is 1. The van der Waals surface area contributed by atoms with Crippen LogP contribution < -0.4 is 5.32 Å². The van der Waals surface area contributed by atoms with E-state index in [9.17, 15) is 9.18 Å². The fourth-order valence-electron chi connectivity index (χ4n) is 4.39. The highest BCUT2D eigenvalue weighted by molar-refractivity contribution is 5.93. The average Bonchev–Trinajstić information content (AvgIpc) is 3.50. The number of fused-ring (bicyclic) bond motifs is 1. The molecule has 0 saturated carbocycles. The SMILES string of the molecule is Cc1cc(-c2ncccc2-c2ccc3ncc(C(=O)NCCN4CCCC4)n3c2)ccc1F. The van der Waals surface area contributed by atoms with Crippen LogP contribution in [0.4, 0.5) is 4.39 Å². The van der Waals surface area contributed by atoms with Crippen molar-refractivity contribution in [3.63, 3.8) is 0 Å². The van der Waals surface area contributed by atoms with Gasteiger partial charge in [0.15, 0.2) is 0 Å². The van der Waals surface area contributed by atoms with Gasteiger partial charge in [-0.05, 0) is 74.8 Å². The number of nitrogens with one attached hydrogen (secondary N) is 1. The van der Waals surface area contributed by atoms with Crippen molar-refractivity contribution < 1.29 is 9.18 Å². The van der Waals surface area contributed by atoms with Gasteiger partial charge in [-0.25, -0.2) is 9.37 Å². The minimum absolute atomic E-state index is 0.139. The van der Waals surface area contributed by atoms with Crippen LogP contribution in [0.25, 0.3) is 28.0 Å². The zero-order chi connectivity index (χ0) is 22.8. The fourth-order valence-corrected chi connectivity index (χ4v) is 4.39. The molecule has 0 bridgehead atoms. The van der Waals surface area contributed by atoms with Gasteiger partial charge in [0.2, 0.25) is 0 Å². The minimum atomic E-state index is -0.239. The number of likely N-dealkylation sites (tertiary alicyclic amines) is 1. The smallest absolute Gasteiger partial charge is 0.269 e. The molecule has 1 saturated heterocycles. The van der Waals surface area contributed by atoms with Crippen molar-refractivity contribution >= 4 is 11.6 Å². The number of halogens is 1. The summed E-state index contributed by atoms with van der Waals surface area (Å²) in [4.78, 5) is 24.2. The van der Waals surface area contributed by atoms with Gasteiger partial charge in [0, 0.05) is 42.2 Å². The standard InChI is InChI=1S/C26H26FN5O/c1-18-15-19(6-8-22(18)27)25-21(5-4-10-28-25)20-7-9-24-30-16-23(32(24)17-20)26(33)29-11-14-31-12-2-3-13-31/h4-10,15-17H,2-3,11-14H2,1H3,(H,29,33). The molecular formula is C26H26FN5O. The van der Waals surface area contributed by atoms with Gasteiger partial charge in [-0.2, -0.15) is 0 Å². The Morgan fingerprint density at radius 3 is 2.73 bits per heavy atom. The first-order valence-electron chi connectivity index (χ1n) is 11.3. The van der Waals surface area contributed by atoms with E-state index in [0.29, 0.717) is 23.4 Å². The molecule has 33 heavy (non-hydrogen) atoms. The van der Waals surface area contributed by atoms with Crippen LogP contribution in [0, 0.1) is 12.7 Å². The molecule has 168 valence electrons. The first kappa shape index (κ1) is 21.3. The normalized spacial score (nSPS) is 14.1. The van der Waals surface area contributed by atoms with E-state index in [-0.39, 0.29) is 11.7 Å². The summed E-state index contributed by atoms with van der Waals surface area (Å²) in [6.07, 6.45) is 7.72.